The Balaban J connectivity index is 2.32. The summed E-state index contributed by atoms with van der Waals surface area (Å²) in [4.78, 5) is 0. The van der Waals surface area contributed by atoms with Crippen LogP contribution in [0.2, 0.25) is 5.02 Å². The highest BCUT2D eigenvalue weighted by molar-refractivity contribution is 6.30. The van der Waals surface area contributed by atoms with E-state index in [-0.39, 0.29) is 0 Å². The molecule has 0 aliphatic heterocycles. The minimum Gasteiger partial charge on any atom is -0.495 e. The molecule has 0 aliphatic carbocycles. The van der Waals surface area contributed by atoms with Crippen LogP contribution in [0.4, 0.5) is 5.69 Å². The number of nitrogens with one attached hydrogen (secondary N) is 1. The number of anilines is 1. The maximum absolute atomic E-state index is 5.96. The fourth-order valence-electron chi connectivity index (χ4n) is 1.77. The molecule has 1 N–H and O–H groups in total. The quantitative estimate of drug-likeness (QED) is 0.678. The normalized spacial score (nSPS) is 10.3. The van der Waals surface area contributed by atoms with Gasteiger partial charge in [-0.2, -0.15) is 0 Å². The Morgan fingerprint density at radius 1 is 1.18 bits per heavy atom. The summed E-state index contributed by atoms with van der Waals surface area (Å²) in [7, 11) is 1.68. The molecular weight excluding hydrogens is 234 g/mol. The van der Waals surface area contributed by atoms with Crippen molar-refractivity contribution in [3.05, 3.63) is 23.2 Å². The zero-order valence-electron chi connectivity index (χ0n) is 10.8. The van der Waals surface area contributed by atoms with E-state index in [1.807, 2.05) is 18.2 Å². The third-order valence-electron chi connectivity index (χ3n) is 2.76. The van der Waals surface area contributed by atoms with Gasteiger partial charge in [0.05, 0.1) is 12.8 Å². The first-order valence-electron chi connectivity index (χ1n) is 6.35. The van der Waals surface area contributed by atoms with E-state index in [0.717, 1.165) is 23.0 Å². The largest absolute Gasteiger partial charge is 0.495 e. The molecule has 0 unspecified atom stereocenters. The van der Waals surface area contributed by atoms with Crippen molar-refractivity contribution in [3.63, 3.8) is 0 Å². The van der Waals surface area contributed by atoms with Gasteiger partial charge in [-0.15, -0.1) is 0 Å². The van der Waals surface area contributed by atoms with E-state index < -0.39 is 0 Å². The van der Waals surface area contributed by atoms with Gasteiger partial charge in [-0.1, -0.05) is 44.2 Å². The molecule has 0 saturated heterocycles. The van der Waals surface area contributed by atoms with Gasteiger partial charge >= 0.3 is 0 Å². The number of benzene rings is 1. The molecular formula is C14H22ClNO. The second-order valence-electron chi connectivity index (χ2n) is 4.19. The summed E-state index contributed by atoms with van der Waals surface area (Å²) < 4.78 is 5.27. The molecule has 0 spiro atoms. The molecule has 0 atom stereocenters. The molecule has 0 fully saturated rings. The van der Waals surface area contributed by atoms with Gasteiger partial charge in [0.1, 0.15) is 5.75 Å². The predicted molar refractivity (Wildman–Crippen MR) is 75.3 cm³/mol. The lowest BCUT2D eigenvalue weighted by atomic mass is 10.1. The van der Waals surface area contributed by atoms with Crippen molar-refractivity contribution in [2.45, 2.75) is 39.0 Å². The average Bonchev–Trinajstić information content (AvgIpc) is 2.34. The fourth-order valence-corrected chi connectivity index (χ4v) is 1.94. The van der Waals surface area contributed by atoms with Gasteiger partial charge < -0.3 is 10.1 Å². The minimum absolute atomic E-state index is 0.735. The maximum atomic E-state index is 5.96. The Hall–Kier alpha value is -0.890. The highest BCUT2D eigenvalue weighted by atomic mass is 35.5. The number of halogens is 1. The van der Waals surface area contributed by atoms with Crippen LogP contribution in [0.25, 0.3) is 0 Å². The highest BCUT2D eigenvalue weighted by Crippen LogP contribution is 2.27. The minimum atomic E-state index is 0.735. The standard InChI is InChI=1S/C14H22ClNO/c1-3-4-5-6-7-10-16-13-11-12(15)8-9-14(13)17-2/h8-9,11,16H,3-7,10H2,1-2H3. The lowest BCUT2D eigenvalue weighted by Crippen LogP contribution is -2.03. The van der Waals surface area contributed by atoms with Crippen molar-refractivity contribution in [1.29, 1.82) is 0 Å². The maximum Gasteiger partial charge on any atom is 0.142 e. The van der Waals surface area contributed by atoms with Crippen molar-refractivity contribution >= 4 is 17.3 Å². The van der Waals surface area contributed by atoms with Crippen LogP contribution in [-0.2, 0) is 0 Å². The third-order valence-corrected chi connectivity index (χ3v) is 2.99. The lowest BCUT2D eigenvalue weighted by Gasteiger charge is -2.11. The van der Waals surface area contributed by atoms with Crippen molar-refractivity contribution in [3.8, 4) is 5.75 Å². The van der Waals surface area contributed by atoms with E-state index in [4.69, 9.17) is 16.3 Å². The number of ether oxygens (including phenoxy) is 1. The van der Waals surface area contributed by atoms with E-state index in [0.29, 0.717) is 0 Å². The van der Waals surface area contributed by atoms with Crippen LogP contribution in [-0.4, -0.2) is 13.7 Å². The summed E-state index contributed by atoms with van der Waals surface area (Å²) in [5, 5.41) is 4.11. The van der Waals surface area contributed by atoms with Crippen LogP contribution in [0, 0.1) is 0 Å². The van der Waals surface area contributed by atoms with E-state index >= 15 is 0 Å². The molecule has 0 saturated carbocycles. The molecule has 17 heavy (non-hydrogen) atoms. The number of hydrogen-bond acceptors (Lipinski definition) is 2. The Labute approximate surface area is 109 Å². The van der Waals surface area contributed by atoms with Gasteiger partial charge in [0.25, 0.3) is 0 Å². The van der Waals surface area contributed by atoms with Crippen LogP contribution in [0.3, 0.4) is 0 Å². The van der Waals surface area contributed by atoms with Gasteiger partial charge in [-0.05, 0) is 24.6 Å². The van der Waals surface area contributed by atoms with Gasteiger partial charge in [-0.3, -0.25) is 0 Å². The van der Waals surface area contributed by atoms with Crippen LogP contribution in [0.1, 0.15) is 39.0 Å². The van der Waals surface area contributed by atoms with Crippen molar-refractivity contribution in [1.82, 2.24) is 0 Å². The summed E-state index contributed by atoms with van der Waals surface area (Å²) in [6.45, 7) is 3.20. The molecule has 1 aromatic rings. The van der Waals surface area contributed by atoms with Gasteiger partial charge in [0.2, 0.25) is 0 Å². The number of unbranched alkanes of at least 4 members (excludes halogenated alkanes) is 4. The second kappa shape index (κ2) is 8.24. The number of rotatable bonds is 8. The highest BCUT2D eigenvalue weighted by Gasteiger charge is 2.02. The lowest BCUT2D eigenvalue weighted by molar-refractivity contribution is 0.416. The Morgan fingerprint density at radius 2 is 1.94 bits per heavy atom. The topological polar surface area (TPSA) is 21.3 Å². The Morgan fingerprint density at radius 3 is 2.65 bits per heavy atom. The Kier molecular flexibility index (Phi) is 6.87. The molecule has 0 aromatic heterocycles. The van der Waals surface area contributed by atoms with Crippen molar-refractivity contribution in [2.24, 2.45) is 0 Å². The summed E-state index contributed by atoms with van der Waals surface area (Å²) in [6.07, 6.45) is 6.42. The average molecular weight is 256 g/mol. The van der Waals surface area contributed by atoms with E-state index in [9.17, 15) is 0 Å². The number of methoxy groups -OCH3 is 1. The van der Waals surface area contributed by atoms with Crippen LogP contribution >= 0.6 is 11.6 Å². The fraction of sp³-hybridized carbons (Fsp3) is 0.571. The second-order valence-corrected chi connectivity index (χ2v) is 4.62. The SMILES string of the molecule is CCCCCCCNc1cc(Cl)ccc1OC. The van der Waals surface area contributed by atoms with Gasteiger partial charge in [-0.25, -0.2) is 0 Å². The van der Waals surface area contributed by atoms with Gasteiger partial charge in [0.15, 0.2) is 0 Å². The monoisotopic (exact) mass is 255 g/mol. The van der Waals surface area contributed by atoms with Crippen molar-refractivity contribution < 1.29 is 4.74 Å². The number of hydrogen-bond donors (Lipinski definition) is 1. The van der Waals surface area contributed by atoms with Crippen molar-refractivity contribution in [2.75, 3.05) is 19.0 Å². The first-order valence-corrected chi connectivity index (χ1v) is 6.73. The van der Waals surface area contributed by atoms with Crippen LogP contribution in [0.15, 0.2) is 18.2 Å². The first-order chi connectivity index (χ1) is 8.27. The Bertz CT molecular complexity index is 328. The van der Waals surface area contributed by atoms with E-state index in [1.54, 1.807) is 7.11 Å². The molecule has 0 heterocycles. The summed E-state index contributed by atoms with van der Waals surface area (Å²) >= 11 is 5.96. The smallest absolute Gasteiger partial charge is 0.142 e. The van der Waals surface area contributed by atoms with Crippen LogP contribution in [0.5, 0.6) is 5.75 Å². The van der Waals surface area contributed by atoms with E-state index in [1.165, 1.54) is 32.1 Å². The van der Waals surface area contributed by atoms with Crippen LogP contribution < -0.4 is 10.1 Å². The summed E-state index contributed by atoms with van der Waals surface area (Å²) in [5.41, 5.74) is 0.982. The zero-order chi connectivity index (χ0) is 12.5. The predicted octanol–water partition coefficient (Wildman–Crippen LogP) is 4.73. The molecule has 0 amide bonds. The molecule has 3 heteroatoms. The molecule has 96 valence electrons. The molecule has 0 radical (unpaired) electrons. The molecule has 0 aliphatic rings. The third kappa shape index (κ3) is 5.31. The van der Waals surface area contributed by atoms with Gasteiger partial charge in [0, 0.05) is 11.6 Å². The first kappa shape index (κ1) is 14.2. The summed E-state index contributed by atoms with van der Waals surface area (Å²) in [6, 6.07) is 5.64. The zero-order valence-corrected chi connectivity index (χ0v) is 11.5. The molecule has 1 rings (SSSR count). The summed E-state index contributed by atoms with van der Waals surface area (Å²) in [5.74, 6) is 0.850. The van der Waals surface area contributed by atoms with E-state index in [2.05, 4.69) is 12.2 Å². The molecule has 2 nitrogen and oxygen atoms in total. The molecule has 0 bridgehead atoms. The molecule has 1 aromatic carbocycles.